The van der Waals surface area contributed by atoms with Crippen molar-refractivity contribution in [3.05, 3.63) is 87.8 Å². The molecule has 2 aromatic carbocycles. The van der Waals surface area contributed by atoms with Gasteiger partial charge in [-0.1, -0.05) is 35.9 Å². The molecule has 29 heavy (non-hydrogen) atoms. The average Bonchev–Trinajstić information content (AvgIpc) is 3.17. The molecule has 1 amide bonds. The zero-order valence-electron chi connectivity index (χ0n) is 15.8. The third kappa shape index (κ3) is 4.64. The third-order valence-electron chi connectivity index (χ3n) is 4.71. The summed E-state index contributed by atoms with van der Waals surface area (Å²) in [4.78, 5) is 21.7. The van der Waals surface area contributed by atoms with Crippen LogP contribution in [0.15, 0.2) is 77.3 Å². The molecule has 2 heterocycles. The second-order valence-electron chi connectivity index (χ2n) is 6.61. The lowest BCUT2D eigenvalue weighted by Gasteiger charge is -2.23. The zero-order chi connectivity index (χ0) is 20.2. The van der Waals surface area contributed by atoms with E-state index in [0.29, 0.717) is 11.6 Å². The van der Waals surface area contributed by atoms with Crippen molar-refractivity contribution in [3.63, 3.8) is 0 Å². The Morgan fingerprint density at radius 1 is 1.14 bits per heavy atom. The maximum atomic E-state index is 13.4. The number of thioether (sulfide) groups is 1. The Labute approximate surface area is 183 Å². The van der Waals surface area contributed by atoms with Gasteiger partial charge in [-0.05, 0) is 47.5 Å². The molecule has 146 valence electrons. The summed E-state index contributed by atoms with van der Waals surface area (Å²) in [7, 11) is 0. The van der Waals surface area contributed by atoms with Crippen LogP contribution in [0.3, 0.4) is 0 Å². The number of carbonyl (C=O) groups is 1. The molecule has 0 radical (unpaired) electrons. The minimum atomic E-state index is 0.0320. The summed E-state index contributed by atoms with van der Waals surface area (Å²) in [6.45, 7) is 0.493. The molecule has 4 rings (SSSR count). The van der Waals surface area contributed by atoms with Gasteiger partial charge in [0.1, 0.15) is 0 Å². The minimum Gasteiger partial charge on any atom is -0.307 e. The summed E-state index contributed by atoms with van der Waals surface area (Å²) in [5.41, 5.74) is 1.81. The SMILES string of the molecule is CSc1ccc(N(Cc2cc(Cl)cs2)C(=O)Cc2cncc3ccccc23)cc1. The summed E-state index contributed by atoms with van der Waals surface area (Å²) in [5, 5.41) is 4.70. The lowest BCUT2D eigenvalue weighted by Crippen LogP contribution is -2.31. The highest BCUT2D eigenvalue weighted by Crippen LogP contribution is 2.27. The quantitative estimate of drug-likeness (QED) is 0.324. The van der Waals surface area contributed by atoms with Crippen molar-refractivity contribution in [2.75, 3.05) is 11.2 Å². The lowest BCUT2D eigenvalue weighted by atomic mass is 10.0. The largest absolute Gasteiger partial charge is 0.307 e. The Morgan fingerprint density at radius 2 is 1.93 bits per heavy atom. The van der Waals surface area contributed by atoms with E-state index in [1.54, 1.807) is 29.3 Å². The first-order chi connectivity index (χ1) is 14.1. The number of anilines is 1. The fourth-order valence-electron chi connectivity index (χ4n) is 3.26. The van der Waals surface area contributed by atoms with Crippen LogP contribution in [0.25, 0.3) is 10.8 Å². The predicted octanol–water partition coefficient (Wildman–Crippen LogP) is 6.45. The van der Waals surface area contributed by atoms with E-state index in [4.69, 9.17) is 11.6 Å². The molecule has 0 atom stereocenters. The van der Waals surface area contributed by atoms with E-state index in [2.05, 4.69) is 4.98 Å². The van der Waals surface area contributed by atoms with Crippen molar-refractivity contribution >= 4 is 57.1 Å². The molecule has 0 spiro atoms. The molecule has 0 aliphatic heterocycles. The molecule has 3 nitrogen and oxygen atoms in total. The number of halogens is 1. The highest BCUT2D eigenvalue weighted by atomic mass is 35.5. The van der Waals surface area contributed by atoms with Crippen molar-refractivity contribution in [3.8, 4) is 0 Å². The first-order valence-electron chi connectivity index (χ1n) is 9.13. The van der Waals surface area contributed by atoms with Gasteiger partial charge in [0.05, 0.1) is 18.0 Å². The van der Waals surface area contributed by atoms with Crippen LogP contribution in [0.1, 0.15) is 10.4 Å². The van der Waals surface area contributed by atoms with Gasteiger partial charge in [-0.15, -0.1) is 23.1 Å². The second kappa shape index (κ2) is 8.99. The fourth-order valence-corrected chi connectivity index (χ4v) is 4.73. The first kappa shape index (κ1) is 20.0. The Morgan fingerprint density at radius 3 is 2.66 bits per heavy atom. The third-order valence-corrected chi connectivity index (χ3v) is 6.73. The minimum absolute atomic E-state index is 0.0320. The molecular weight excluding hydrogens is 420 g/mol. The molecule has 0 aliphatic carbocycles. The number of carbonyl (C=O) groups excluding carboxylic acids is 1. The van der Waals surface area contributed by atoms with Crippen LogP contribution in [0, 0.1) is 0 Å². The van der Waals surface area contributed by atoms with Gasteiger partial charge in [-0.25, -0.2) is 0 Å². The van der Waals surface area contributed by atoms with Crippen molar-refractivity contribution in [2.45, 2.75) is 17.9 Å². The normalized spacial score (nSPS) is 11.0. The van der Waals surface area contributed by atoms with E-state index >= 15 is 0 Å². The fraction of sp³-hybridized carbons (Fsp3) is 0.130. The number of hydrogen-bond donors (Lipinski definition) is 0. The molecule has 6 heteroatoms. The van der Waals surface area contributed by atoms with E-state index < -0.39 is 0 Å². The molecule has 0 aliphatic rings. The summed E-state index contributed by atoms with van der Waals surface area (Å²) >= 11 is 9.35. The van der Waals surface area contributed by atoms with Crippen molar-refractivity contribution in [1.82, 2.24) is 4.98 Å². The highest BCUT2D eigenvalue weighted by molar-refractivity contribution is 7.98. The van der Waals surface area contributed by atoms with Gasteiger partial charge in [0.15, 0.2) is 0 Å². The second-order valence-corrected chi connectivity index (χ2v) is 8.92. The molecule has 0 N–H and O–H groups in total. The standard InChI is InChI=1S/C23H19ClN2OS2/c1-28-20-8-6-19(7-9-20)26(14-21-11-18(24)15-29-21)23(27)10-17-13-25-12-16-4-2-3-5-22(16)17/h2-9,11-13,15H,10,14H2,1H3. The number of fused-ring (bicyclic) bond motifs is 1. The van der Waals surface area contributed by atoms with E-state index in [-0.39, 0.29) is 12.3 Å². The number of hydrogen-bond acceptors (Lipinski definition) is 4. The molecule has 0 saturated carbocycles. The average molecular weight is 439 g/mol. The lowest BCUT2D eigenvalue weighted by molar-refractivity contribution is -0.118. The van der Waals surface area contributed by atoms with Gasteiger partial charge in [0.2, 0.25) is 5.91 Å². The Bertz CT molecular complexity index is 1140. The van der Waals surface area contributed by atoms with Crippen LogP contribution in [-0.4, -0.2) is 17.1 Å². The van der Waals surface area contributed by atoms with Gasteiger partial charge in [-0.2, -0.15) is 0 Å². The van der Waals surface area contributed by atoms with Crippen LogP contribution in [0.2, 0.25) is 5.02 Å². The maximum absolute atomic E-state index is 13.4. The van der Waals surface area contributed by atoms with Gasteiger partial charge < -0.3 is 4.90 Å². The zero-order valence-corrected chi connectivity index (χ0v) is 18.2. The first-order valence-corrected chi connectivity index (χ1v) is 11.6. The van der Waals surface area contributed by atoms with Crippen LogP contribution in [0.5, 0.6) is 0 Å². The van der Waals surface area contributed by atoms with E-state index in [1.165, 1.54) is 4.90 Å². The number of amides is 1. The molecule has 0 unspecified atom stereocenters. The van der Waals surface area contributed by atoms with Crippen LogP contribution in [-0.2, 0) is 17.8 Å². The molecule has 0 saturated heterocycles. The molecule has 0 fully saturated rings. The number of pyridine rings is 1. The maximum Gasteiger partial charge on any atom is 0.231 e. The van der Waals surface area contributed by atoms with Gasteiger partial charge in [0.25, 0.3) is 0 Å². The molecule has 2 aromatic heterocycles. The van der Waals surface area contributed by atoms with Crippen molar-refractivity contribution < 1.29 is 4.79 Å². The van der Waals surface area contributed by atoms with Crippen molar-refractivity contribution in [1.29, 1.82) is 0 Å². The van der Waals surface area contributed by atoms with Crippen molar-refractivity contribution in [2.24, 2.45) is 0 Å². The van der Waals surface area contributed by atoms with Gasteiger partial charge in [-0.3, -0.25) is 9.78 Å². The number of rotatable bonds is 6. The summed E-state index contributed by atoms with van der Waals surface area (Å²) < 4.78 is 0. The smallest absolute Gasteiger partial charge is 0.231 e. The summed E-state index contributed by atoms with van der Waals surface area (Å²) in [5.74, 6) is 0.0320. The summed E-state index contributed by atoms with van der Waals surface area (Å²) in [6, 6.07) is 18.0. The van der Waals surface area contributed by atoms with Crippen LogP contribution >= 0.6 is 34.7 Å². The van der Waals surface area contributed by atoms with E-state index in [9.17, 15) is 4.79 Å². The molecule has 0 bridgehead atoms. The monoisotopic (exact) mass is 438 g/mol. The predicted molar refractivity (Wildman–Crippen MR) is 124 cm³/mol. The summed E-state index contributed by atoms with van der Waals surface area (Å²) in [6.07, 6.45) is 5.95. The Hall–Kier alpha value is -2.34. The molecule has 4 aromatic rings. The van der Waals surface area contributed by atoms with Gasteiger partial charge in [0, 0.05) is 38.6 Å². The highest BCUT2D eigenvalue weighted by Gasteiger charge is 2.19. The van der Waals surface area contributed by atoms with Crippen LogP contribution < -0.4 is 4.90 Å². The number of benzene rings is 2. The van der Waals surface area contributed by atoms with Crippen LogP contribution in [0.4, 0.5) is 5.69 Å². The number of nitrogens with zero attached hydrogens (tertiary/aromatic N) is 2. The van der Waals surface area contributed by atoms with E-state index in [0.717, 1.165) is 26.9 Å². The Balaban J connectivity index is 1.66. The Kier molecular flexibility index (Phi) is 6.19. The van der Waals surface area contributed by atoms with E-state index in [1.807, 2.05) is 77.3 Å². The number of aromatic nitrogens is 1. The molecular formula is C23H19ClN2OS2. The van der Waals surface area contributed by atoms with Gasteiger partial charge >= 0.3 is 0 Å². The number of thiophene rings is 1. The topological polar surface area (TPSA) is 33.2 Å².